The number of nitrogens with one attached hydrogen (secondary N) is 1. The van der Waals surface area contributed by atoms with Crippen LogP contribution in [0.2, 0.25) is 0 Å². The van der Waals surface area contributed by atoms with Gasteiger partial charge in [0, 0.05) is 30.8 Å². The fourth-order valence-electron chi connectivity index (χ4n) is 2.82. The van der Waals surface area contributed by atoms with Crippen molar-refractivity contribution in [2.75, 3.05) is 38.7 Å². The molecule has 0 radical (unpaired) electrons. The first-order valence-electron chi connectivity index (χ1n) is 7.71. The van der Waals surface area contributed by atoms with Crippen molar-refractivity contribution in [3.8, 4) is 11.5 Å². The van der Waals surface area contributed by atoms with Crippen LogP contribution >= 0.6 is 0 Å². The van der Waals surface area contributed by atoms with Crippen LogP contribution in [0.4, 0.5) is 10.5 Å². The maximum Gasteiger partial charge on any atom is 0.409 e. The van der Waals surface area contributed by atoms with Gasteiger partial charge >= 0.3 is 6.09 Å². The van der Waals surface area contributed by atoms with Crippen molar-refractivity contribution < 1.29 is 23.8 Å². The molecule has 1 N–H and O–H groups in total. The monoisotopic (exact) mass is 320 g/mol. The predicted octanol–water partition coefficient (Wildman–Crippen LogP) is 1.87. The first-order valence-corrected chi connectivity index (χ1v) is 7.71. The average Bonchev–Trinajstić information content (AvgIpc) is 2.61. The van der Waals surface area contributed by atoms with E-state index in [-0.39, 0.29) is 17.9 Å². The largest absolute Gasteiger partial charge is 0.486 e. The summed E-state index contributed by atoms with van der Waals surface area (Å²) in [4.78, 5) is 25.4. The summed E-state index contributed by atoms with van der Waals surface area (Å²) in [5.41, 5.74) is 0.689. The molecule has 1 aromatic rings. The van der Waals surface area contributed by atoms with E-state index < -0.39 is 0 Å². The van der Waals surface area contributed by atoms with Crippen LogP contribution in [-0.4, -0.2) is 50.3 Å². The molecule has 7 nitrogen and oxygen atoms in total. The molecule has 0 atom stereocenters. The Kier molecular flexibility index (Phi) is 4.55. The number of carbonyl (C=O) groups is 2. The maximum absolute atomic E-state index is 12.4. The molecular weight excluding hydrogens is 300 g/mol. The number of ether oxygens (including phenoxy) is 3. The highest BCUT2D eigenvalue weighted by Gasteiger charge is 2.28. The fraction of sp³-hybridized carbons (Fsp3) is 0.500. The zero-order valence-electron chi connectivity index (χ0n) is 13.0. The van der Waals surface area contributed by atoms with Gasteiger partial charge in [-0.05, 0) is 25.0 Å². The van der Waals surface area contributed by atoms with E-state index in [0.29, 0.717) is 56.3 Å². The van der Waals surface area contributed by atoms with E-state index in [9.17, 15) is 9.59 Å². The molecule has 2 heterocycles. The van der Waals surface area contributed by atoms with Crippen LogP contribution in [0.25, 0.3) is 0 Å². The molecule has 0 aliphatic carbocycles. The molecule has 1 aromatic carbocycles. The van der Waals surface area contributed by atoms with Crippen molar-refractivity contribution in [3.05, 3.63) is 18.2 Å². The molecule has 3 rings (SSSR count). The van der Waals surface area contributed by atoms with Gasteiger partial charge in [0.05, 0.1) is 7.11 Å². The van der Waals surface area contributed by atoms with Crippen LogP contribution in [0.5, 0.6) is 11.5 Å². The zero-order valence-corrected chi connectivity index (χ0v) is 13.0. The molecule has 1 fully saturated rings. The summed E-state index contributed by atoms with van der Waals surface area (Å²) in [5.74, 6) is 1.20. The molecule has 0 saturated carbocycles. The van der Waals surface area contributed by atoms with E-state index in [1.165, 1.54) is 7.11 Å². The first-order chi connectivity index (χ1) is 11.2. The Bertz CT molecular complexity index is 596. The van der Waals surface area contributed by atoms with Gasteiger partial charge in [0.2, 0.25) is 5.91 Å². The number of anilines is 1. The van der Waals surface area contributed by atoms with Gasteiger partial charge in [-0.1, -0.05) is 0 Å². The Morgan fingerprint density at radius 1 is 1.17 bits per heavy atom. The second-order valence-electron chi connectivity index (χ2n) is 5.58. The average molecular weight is 320 g/mol. The standard InChI is InChI=1S/C16H20N2O5/c1-21-16(20)18-6-4-11(5-7-18)15(19)17-12-2-3-13-14(10-12)23-9-8-22-13/h2-3,10-11H,4-9H2,1H3,(H,17,19). The summed E-state index contributed by atoms with van der Waals surface area (Å²) in [6.45, 7) is 2.12. The van der Waals surface area contributed by atoms with Crippen LogP contribution in [0.3, 0.4) is 0 Å². The number of carbonyl (C=O) groups excluding carboxylic acids is 2. The number of nitrogens with zero attached hydrogens (tertiary/aromatic N) is 1. The Balaban J connectivity index is 1.56. The number of benzene rings is 1. The summed E-state index contributed by atoms with van der Waals surface area (Å²) < 4.78 is 15.7. The van der Waals surface area contributed by atoms with Gasteiger partial charge in [-0.2, -0.15) is 0 Å². The summed E-state index contributed by atoms with van der Waals surface area (Å²) in [6, 6.07) is 5.37. The van der Waals surface area contributed by atoms with E-state index in [4.69, 9.17) is 14.2 Å². The summed E-state index contributed by atoms with van der Waals surface area (Å²) >= 11 is 0. The van der Waals surface area contributed by atoms with Crippen molar-refractivity contribution in [1.82, 2.24) is 4.90 Å². The Morgan fingerprint density at radius 3 is 2.57 bits per heavy atom. The second-order valence-corrected chi connectivity index (χ2v) is 5.58. The van der Waals surface area contributed by atoms with E-state index in [1.54, 1.807) is 23.1 Å². The highest BCUT2D eigenvalue weighted by Crippen LogP contribution is 2.33. The van der Waals surface area contributed by atoms with Crippen LogP contribution < -0.4 is 14.8 Å². The molecule has 23 heavy (non-hydrogen) atoms. The molecule has 0 aromatic heterocycles. The lowest BCUT2D eigenvalue weighted by atomic mass is 9.96. The van der Waals surface area contributed by atoms with E-state index in [1.807, 2.05) is 0 Å². The Hall–Kier alpha value is -2.44. The second kappa shape index (κ2) is 6.76. The third kappa shape index (κ3) is 3.49. The van der Waals surface area contributed by atoms with Crippen LogP contribution in [0.1, 0.15) is 12.8 Å². The normalized spacial score (nSPS) is 17.5. The van der Waals surface area contributed by atoms with Gasteiger partial charge in [-0.25, -0.2) is 4.79 Å². The van der Waals surface area contributed by atoms with Crippen LogP contribution in [0, 0.1) is 5.92 Å². The molecule has 2 amide bonds. The number of fused-ring (bicyclic) bond motifs is 1. The highest BCUT2D eigenvalue weighted by molar-refractivity contribution is 5.93. The first kappa shape index (κ1) is 15.5. The van der Waals surface area contributed by atoms with Crippen molar-refractivity contribution in [3.63, 3.8) is 0 Å². The smallest absolute Gasteiger partial charge is 0.409 e. The molecule has 0 spiro atoms. The summed E-state index contributed by atoms with van der Waals surface area (Å²) in [6.07, 6.45) is 0.924. The quantitative estimate of drug-likeness (QED) is 0.900. The number of rotatable bonds is 2. The van der Waals surface area contributed by atoms with Crippen molar-refractivity contribution in [1.29, 1.82) is 0 Å². The SMILES string of the molecule is COC(=O)N1CCC(C(=O)Nc2ccc3c(c2)OCCO3)CC1. The zero-order chi connectivity index (χ0) is 16.2. The van der Waals surface area contributed by atoms with Gasteiger partial charge in [0.25, 0.3) is 0 Å². The lowest BCUT2D eigenvalue weighted by Gasteiger charge is -2.30. The topological polar surface area (TPSA) is 77.1 Å². The molecule has 7 heteroatoms. The predicted molar refractivity (Wildman–Crippen MR) is 82.8 cm³/mol. The van der Waals surface area contributed by atoms with Crippen molar-refractivity contribution in [2.45, 2.75) is 12.8 Å². The van der Waals surface area contributed by atoms with Gasteiger partial charge in [-0.3, -0.25) is 4.79 Å². The third-order valence-corrected chi connectivity index (χ3v) is 4.11. The minimum absolute atomic E-state index is 0.0359. The Morgan fingerprint density at radius 2 is 1.87 bits per heavy atom. The number of likely N-dealkylation sites (tertiary alicyclic amines) is 1. The number of amides is 2. The number of hydrogen-bond acceptors (Lipinski definition) is 5. The van der Waals surface area contributed by atoms with Crippen molar-refractivity contribution in [2.24, 2.45) is 5.92 Å². The molecule has 1 saturated heterocycles. The molecule has 2 aliphatic heterocycles. The van der Waals surface area contributed by atoms with E-state index >= 15 is 0 Å². The lowest BCUT2D eigenvalue weighted by molar-refractivity contribution is -0.121. The Labute approximate surface area is 134 Å². The highest BCUT2D eigenvalue weighted by atomic mass is 16.6. The summed E-state index contributed by atoms with van der Waals surface area (Å²) in [5, 5.41) is 2.91. The number of piperidine rings is 1. The molecular formula is C16H20N2O5. The van der Waals surface area contributed by atoms with E-state index in [2.05, 4.69) is 5.32 Å². The van der Waals surface area contributed by atoms with Gasteiger partial charge in [0.15, 0.2) is 11.5 Å². The van der Waals surface area contributed by atoms with Gasteiger partial charge < -0.3 is 24.4 Å². The van der Waals surface area contributed by atoms with E-state index in [0.717, 1.165) is 0 Å². The number of methoxy groups -OCH3 is 1. The molecule has 2 aliphatic rings. The van der Waals surface area contributed by atoms with Gasteiger partial charge in [0.1, 0.15) is 13.2 Å². The minimum atomic E-state index is -0.337. The molecule has 124 valence electrons. The maximum atomic E-state index is 12.4. The van der Waals surface area contributed by atoms with Crippen LogP contribution in [0.15, 0.2) is 18.2 Å². The van der Waals surface area contributed by atoms with Gasteiger partial charge in [-0.15, -0.1) is 0 Å². The summed E-state index contributed by atoms with van der Waals surface area (Å²) in [7, 11) is 1.36. The van der Waals surface area contributed by atoms with Crippen LogP contribution in [-0.2, 0) is 9.53 Å². The molecule has 0 bridgehead atoms. The molecule has 0 unspecified atom stereocenters. The fourth-order valence-corrected chi connectivity index (χ4v) is 2.82. The lowest BCUT2D eigenvalue weighted by Crippen LogP contribution is -2.41. The number of hydrogen-bond donors (Lipinski definition) is 1. The third-order valence-electron chi connectivity index (χ3n) is 4.11. The minimum Gasteiger partial charge on any atom is -0.486 e. The van der Waals surface area contributed by atoms with Crippen molar-refractivity contribution >= 4 is 17.7 Å².